The van der Waals surface area contributed by atoms with E-state index in [1.807, 2.05) is 47.4 Å². The average molecular weight is 438 g/mol. The van der Waals surface area contributed by atoms with Gasteiger partial charge in [0.1, 0.15) is 5.82 Å². The molecule has 1 saturated heterocycles. The van der Waals surface area contributed by atoms with Gasteiger partial charge < -0.3 is 9.88 Å². The normalized spacial score (nSPS) is 19.4. The second-order valence-corrected chi connectivity index (χ2v) is 9.43. The summed E-state index contributed by atoms with van der Waals surface area (Å²) in [5.74, 6) is -1.55. The highest BCUT2D eigenvalue weighted by atomic mass is 32.2. The van der Waals surface area contributed by atoms with Crippen LogP contribution in [0.2, 0.25) is 0 Å². The molecular formula is C20H21F3N4O2S. The molecule has 2 aromatic carbocycles. The highest BCUT2D eigenvalue weighted by Gasteiger charge is 2.43. The van der Waals surface area contributed by atoms with Crippen molar-refractivity contribution in [3.05, 3.63) is 54.5 Å². The maximum absolute atomic E-state index is 12.8. The lowest BCUT2D eigenvalue weighted by Gasteiger charge is -2.38. The minimum absolute atomic E-state index is 0.0222. The fourth-order valence-electron chi connectivity index (χ4n) is 3.76. The standard InChI is InChI=1S/C20H21F3N4O2S/c1-26-8-9-27(30(28,29)13-20(21,22)23)18(12-26)19-24-11-17(25-19)16-7-6-14-4-2-3-5-15(14)10-16/h2-7,10-11,18H,8-9,12-13H2,1H3,(H,24,25). The van der Waals surface area contributed by atoms with Crippen LogP contribution in [0.4, 0.5) is 13.2 Å². The Kier molecular flexibility index (Phi) is 5.33. The first-order chi connectivity index (χ1) is 14.1. The van der Waals surface area contributed by atoms with Crippen LogP contribution < -0.4 is 0 Å². The topological polar surface area (TPSA) is 69.3 Å². The quantitative estimate of drug-likeness (QED) is 0.678. The van der Waals surface area contributed by atoms with E-state index >= 15 is 0 Å². The van der Waals surface area contributed by atoms with E-state index in [1.54, 1.807) is 13.2 Å². The van der Waals surface area contributed by atoms with Gasteiger partial charge in [0.05, 0.1) is 17.9 Å². The van der Waals surface area contributed by atoms with Gasteiger partial charge in [0, 0.05) is 25.2 Å². The number of halogens is 3. The lowest BCUT2D eigenvalue weighted by atomic mass is 10.1. The molecule has 0 saturated carbocycles. The molecule has 1 fully saturated rings. The van der Waals surface area contributed by atoms with Crippen LogP contribution in [0, 0.1) is 0 Å². The fraction of sp³-hybridized carbons (Fsp3) is 0.350. The number of alkyl halides is 3. The van der Waals surface area contributed by atoms with Crippen molar-refractivity contribution in [2.75, 3.05) is 32.4 Å². The summed E-state index contributed by atoms with van der Waals surface area (Å²) in [7, 11) is -2.72. The van der Waals surface area contributed by atoms with Gasteiger partial charge in [0.25, 0.3) is 0 Å². The van der Waals surface area contributed by atoms with Crippen molar-refractivity contribution in [1.29, 1.82) is 0 Å². The van der Waals surface area contributed by atoms with Crippen molar-refractivity contribution in [2.45, 2.75) is 12.2 Å². The molecule has 0 bridgehead atoms. The SMILES string of the molecule is CN1CCN(S(=O)(=O)CC(F)(F)F)C(c2ncc(-c3ccc4ccccc4c3)[nH]2)C1. The lowest BCUT2D eigenvalue weighted by Crippen LogP contribution is -2.51. The van der Waals surface area contributed by atoms with Crippen LogP contribution in [-0.4, -0.2) is 66.2 Å². The molecule has 3 aromatic rings. The molecule has 160 valence electrons. The molecule has 0 aliphatic carbocycles. The third-order valence-corrected chi connectivity index (χ3v) is 7.05. The number of nitrogens with zero attached hydrogens (tertiary/aromatic N) is 3. The van der Waals surface area contributed by atoms with Crippen molar-refractivity contribution in [1.82, 2.24) is 19.2 Å². The number of aromatic nitrogens is 2. The Hall–Kier alpha value is -2.43. The van der Waals surface area contributed by atoms with Gasteiger partial charge in [-0.2, -0.15) is 17.5 Å². The number of imidazole rings is 1. The van der Waals surface area contributed by atoms with Gasteiger partial charge in [-0.3, -0.25) is 0 Å². The zero-order valence-corrected chi connectivity index (χ0v) is 17.0. The number of hydrogen-bond donors (Lipinski definition) is 1. The van der Waals surface area contributed by atoms with Gasteiger partial charge in [-0.25, -0.2) is 13.4 Å². The van der Waals surface area contributed by atoms with E-state index in [1.165, 1.54) is 0 Å². The number of likely N-dealkylation sites (N-methyl/N-ethyl adjacent to an activating group) is 1. The number of rotatable bonds is 4. The summed E-state index contributed by atoms with van der Waals surface area (Å²) in [5.41, 5.74) is 1.54. The Labute approximate surface area is 172 Å². The molecule has 1 atom stereocenters. The van der Waals surface area contributed by atoms with Crippen LogP contribution in [0.25, 0.3) is 22.0 Å². The Balaban J connectivity index is 1.66. The second kappa shape index (κ2) is 7.68. The lowest BCUT2D eigenvalue weighted by molar-refractivity contribution is -0.107. The number of benzene rings is 2. The van der Waals surface area contributed by atoms with Crippen LogP contribution in [0.1, 0.15) is 11.9 Å². The van der Waals surface area contributed by atoms with Crippen LogP contribution in [0.5, 0.6) is 0 Å². The van der Waals surface area contributed by atoms with Crippen molar-refractivity contribution < 1.29 is 21.6 Å². The number of hydrogen-bond acceptors (Lipinski definition) is 4. The molecule has 10 heteroatoms. The molecule has 4 rings (SSSR count). The minimum Gasteiger partial charge on any atom is -0.341 e. The number of fused-ring (bicyclic) bond motifs is 1. The smallest absolute Gasteiger partial charge is 0.341 e. The predicted octanol–water partition coefficient (Wildman–Crippen LogP) is 3.41. The van der Waals surface area contributed by atoms with Crippen LogP contribution in [-0.2, 0) is 10.0 Å². The minimum atomic E-state index is -4.80. The summed E-state index contributed by atoms with van der Waals surface area (Å²) in [6.07, 6.45) is -3.21. The highest BCUT2D eigenvalue weighted by molar-refractivity contribution is 7.89. The Morgan fingerprint density at radius 2 is 1.87 bits per heavy atom. The van der Waals surface area contributed by atoms with E-state index in [2.05, 4.69) is 9.97 Å². The third kappa shape index (κ3) is 4.35. The van der Waals surface area contributed by atoms with Gasteiger partial charge in [-0.1, -0.05) is 36.4 Å². The molecule has 0 spiro atoms. The maximum atomic E-state index is 12.8. The first-order valence-corrected chi connectivity index (χ1v) is 11.0. The predicted molar refractivity (Wildman–Crippen MR) is 108 cm³/mol. The monoisotopic (exact) mass is 438 g/mol. The van der Waals surface area contributed by atoms with E-state index in [0.717, 1.165) is 20.6 Å². The molecule has 1 unspecified atom stereocenters. The average Bonchev–Trinajstić information content (AvgIpc) is 3.15. The molecule has 0 amide bonds. The van der Waals surface area contributed by atoms with E-state index in [9.17, 15) is 21.6 Å². The number of aromatic amines is 1. The van der Waals surface area contributed by atoms with Crippen LogP contribution in [0.15, 0.2) is 48.7 Å². The number of H-pyrrole nitrogens is 1. The molecular weight excluding hydrogens is 417 g/mol. The second-order valence-electron chi connectivity index (χ2n) is 7.50. The molecule has 1 aliphatic heterocycles. The van der Waals surface area contributed by atoms with Gasteiger partial charge in [-0.05, 0) is 23.9 Å². The van der Waals surface area contributed by atoms with Crippen LogP contribution >= 0.6 is 0 Å². The van der Waals surface area contributed by atoms with Crippen molar-refractivity contribution in [3.63, 3.8) is 0 Å². The molecule has 1 aromatic heterocycles. The first-order valence-electron chi connectivity index (χ1n) is 9.41. The zero-order valence-electron chi connectivity index (χ0n) is 16.2. The summed E-state index contributed by atoms with van der Waals surface area (Å²) in [6.45, 7) is 0.583. The Morgan fingerprint density at radius 1 is 1.13 bits per heavy atom. The molecule has 30 heavy (non-hydrogen) atoms. The number of sulfonamides is 1. The van der Waals surface area contributed by atoms with Gasteiger partial charge >= 0.3 is 6.18 Å². The highest BCUT2D eigenvalue weighted by Crippen LogP contribution is 2.31. The molecule has 0 radical (unpaired) electrons. The first kappa shape index (κ1) is 20.8. The Bertz CT molecular complexity index is 1160. The number of nitrogens with one attached hydrogen (secondary N) is 1. The number of piperazine rings is 1. The van der Waals surface area contributed by atoms with Gasteiger partial charge in [-0.15, -0.1) is 0 Å². The summed E-state index contributed by atoms with van der Waals surface area (Å²) in [4.78, 5) is 9.32. The van der Waals surface area contributed by atoms with Crippen molar-refractivity contribution in [2.24, 2.45) is 0 Å². The fourth-order valence-corrected chi connectivity index (χ4v) is 5.25. The largest absolute Gasteiger partial charge is 0.404 e. The van der Waals surface area contributed by atoms with Gasteiger partial charge in [0.2, 0.25) is 10.0 Å². The van der Waals surface area contributed by atoms with E-state index in [0.29, 0.717) is 18.1 Å². The van der Waals surface area contributed by atoms with E-state index in [-0.39, 0.29) is 13.1 Å². The summed E-state index contributed by atoms with van der Waals surface area (Å²) in [6, 6.07) is 12.9. The van der Waals surface area contributed by atoms with Crippen LogP contribution in [0.3, 0.4) is 0 Å². The van der Waals surface area contributed by atoms with Crippen molar-refractivity contribution >= 4 is 20.8 Å². The summed E-state index contributed by atoms with van der Waals surface area (Å²) in [5, 5.41) is 2.12. The van der Waals surface area contributed by atoms with Gasteiger partial charge in [0.15, 0.2) is 5.75 Å². The summed E-state index contributed by atoms with van der Waals surface area (Å²) < 4.78 is 64.3. The molecule has 1 aliphatic rings. The van der Waals surface area contributed by atoms with E-state index < -0.39 is 28.0 Å². The maximum Gasteiger partial charge on any atom is 0.404 e. The zero-order chi connectivity index (χ0) is 21.5. The molecule has 6 nitrogen and oxygen atoms in total. The van der Waals surface area contributed by atoms with E-state index in [4.69, 9.17) is 0 Å². The molecule has 2 heterocycles. The summed E-state index contributed by atoms with van der Waals surface area (Å²) >= 11 is 0. The third-order valence-electron chi connectivity index (χ3n) is 5.21. The molecule has 1 N–H and O–H groups in total. The Morgan fingerprint density at radius 3 is 2.60 bits per heavy atom. The van der Waals surface area contributed by atoms with Crippen molar-refractivity contribution in [3.8, 4) is 11.3 Å².